The number of aryl methyl sites for hydroxylation is 1. The van der Waals surface area contributed by atoms with Crippen LogP contribution in [0, 0.1) is 12.8 Å². The third-order valence-electron chi connectivity index (χ3n) is 5.52. The summed E-state index contributed by atoms with van der Waals surface area (Å²) in [5.74, 6) is 3.15. The number of nitrogens with zero attached hydrogens (tertiary/aromatic N) is 5. The molecular weight excluding hydrogens is 354 g/mol. The summed E-state index contributed by atoms with van der Waals surface area (Å²) in [6.07, 6.45) is 5.33. The average Bonchev–Trinajstić information content (AvgIpc) is 2.87. The molecule has 2 rings (SSSR count). The van der Waals surface area contributed by atoms with Gasteiger partial charge in [-0.25, -0.2) is 4.99 Å². The summed E-state index contributed by atoms with van der Waals surface area (Å²) in [7, 11) is 3.68. The molecule has 1 aliphatic heterocycles. The number of aliphatic imine (C=N–C) groups is 1. The normalized spacial score (nSPS) is 17.6. The minimum Gasteiger partial charge on any atom is -0.383 e. The Kier molecular flexibility index (Phi) is 9.70. The standard InChI is InChI=1S/C20H39N7O/c1-16(2)18(27-11-8-6-7-9-12-27)14-22-20(21-10-13-28-5)23-15-19-25-24-17(3)26(19)4/h16,18H,6-15H2,1-5H3,(H2,21,22,23). The summed E-state index contributed by atoms with van der Waals surface area (Å²) >= 11 is 0. The van der Waals surface area contributed by atoms with Gasteiger partial charge in [0.25, 0.3) is 0 Å². The first-order valence-corrected chi connectivity index (χ1v) is 10.6. The second kappa shape index (κ2) is 12.0. The molecule has 0 amide bonds. The third kappa shape index (κ3) is 7.05. The lowest BCUT2D eigenvalue weighted by atomic mass is 10.0. The van der Waals surface area contributed by atoms with Crippen LogP contribution < -0.4 is 10.6 Å². The highest BCUT2D eigenvalue weighted by molar-refractivity contribution is 5.79. The molecule has 1 fully saturated rings. The van der Waals surface area contributed by atoms with Gasteiger partial charge in [-0.2, -0.15) is 0 Å². The summed E-state index contributed by atoms with van der Waals surface area (Å²) in [6, 6.07) is 0.504. The van der Waals surface area contributed by atoms with Crippen LogP contribution in [0.4, 0.5) is 0 Å². The van der Waals surface area contributed by atoms with Crippen LogP contribution in [0.3, 0.4) is 0 Å². The largest absolute Gasteiger partial charge is 0.383 e. The minimum atomic E-state index is 0.496. The third-order valence-corrected chi connectivity index (χ3v) is 5.52. The number of rotatable bonds is 9. The molecule has 0 spiro atoms. The van der Waals surface area contributed by atoms with Crippen LogP contribution >= 0.6 is 0 Å². The summed E-state index contributed by atoms with van der Waals surface area (Å²) in [5, 5.41) is 15.2. The van der Waals surface area contributed by atoms with Crippen LogP contribution in [0.15, 0.2) is 4.99 Å². The van der Waals surface area contributed by atoms with E-state index in [1.54, 1.807) is 7.11 Å². The molecule has 2 N–H and O–H groups in total. The van der Waals surface area contributed by atoms with Crippen LogP contribution in [-0.2, 0) is 18.3 Å². The van der Waals surface area contributed by atoms with Gasteiger partial charge in [-0.15, -0.1) is 10.2 Å². The molecule has 0 aliphatic carbocycles. The Bertz CT molecular complexity index is 591. The Morgan fingerprint density at radius 2 is 1.86 bits per heavy atom. The SMILES string of the molecule is COCCNC(=NCc1nnc(C)n1C)NCC(C(C)C)N1CCCCCC1. The lowest BCUT2D eigenvalue weighted by Gasteiger charge is -2.34. The fraction of sp³-hybridized carbons (Fsp3) is 0.850. The zero-order valence-electron chi connectivity index (χ0n) is 18.4. The van der Waals surface area contributed by atoms with Gasteiger partial charge in [0, 0.05) is 33.3 Å². The molecule has 0 radical (unpaired) electrons. The maximum absolute atomic E-state index is 5.17. The van der Waals surface area contributed by atoms with Gasteiger partial charge in [0.1, 0.15) is 12.4 Å². The van der Waals surface area contributed by atoms with Crippen LogP contribution in [0.25, 0.3) is 0 Å². The van der Waals surface area contributed by atoms with Gasteiger partial charge in [0.15, 0.2) is 11.8 Å². The van der Waals surface area contributed by atoms with E-state index in [2.05, 4.69) is 39.6 Å². The number of aromatic nitrogens is 3. The van der Waals surface area contributed by atoms with Gasteiger partial charge in [-0.1, -0.05) is 26.7 Å². The highest BCUT2D eigenvalue weighted by Gasteiger charge is 2.23. The van der Waals surface area contributed by atoms with E-state index in [9.17, 15) is 0 Å². The summed E-state index contributed by atoms with van der Waals surface area (Å²) < 4.78 is 7.15. The molecule has 8 nitrogen and oxygen atoms in total. The Morgan fingerprint density at radius 1 is 1.14 bits per heavy atom. The number of likely N-dealkylation sites (tertiary alicyclic amines) is 1. The number of ether oxygens (including phenoxy) is 1. The Morgan fingerprint density at radius 3 is 2.43 bits per heavy atom. The number of methoxy groups -OCH3 is 1. The predicted octanol–water partition coefficient (Wildman–Crippen LogP) is 1.71. The molecule has 0 bridgehead atoms. The van der Waals surface area contributed by atoms with E-state index in [0.717, 1.165) is 30.7 Å². The smallest absolute Gasteiger partial charge is 0.191 e. The van der Waals surface area contributed by atoms with Crippen molar-refractivity contribution in [2.75, 3.05) is 39.9 Å². The molecule has 2 heterocycles. The van der Waals surface area contributed by atoms with Crippen molar-refractivity contribution < 1.29 is 4.74 Å². The molecule has 0 saturated carbocycles. The number of hydrogen-bond donors (Lipinski definition) is 2. The second-order valence-corrected chi connectivity index (χ2v) is 7.95. The molecule has 1 aromatic rings. The van der Waals surface area contributed by atoms with Crippen molar-refractivity contribution in [3.8, 4) is 0 Å². The van der Waals surface area contributed by atoms with Crippen molar-refractivity contribution in [2.45, 2.75) is 59.0 Å². The monoisotopic (exact) mass is 393 g/mol. The fourth-order valence-electron chi connectivity index (χ4n) is 3.60. The fourth-order valence-corrected chi connectivity index (χ4v) is 3.60. The molecule has 0 aromatic carbocycles. The Hall–Kier alpha value is -1.67. The van der Waals surface area contributed by atoms with Crippen molar-refractivity contribution in [2.24, 2.45) is 18.0 Å². The second-order valence-electron chi connectivity index (χ2n) is 7.95. The van der Waals surface area contributed by atoms with Gasteiger partial charge < -0.3 is 19.9 Å². The topological polar surface area (TPSA) is 79.6 Å². The Balaban J connectivity index is 2.00. The van der Waals surface area contributed by atoms with Crippen molar-refractivity contribution >= 4 is 5.96 Å². The summed E-state index contributed by atoms with van der Waals surface area (Å²) in [5.41, 5.74) is 0. The number of guanidine groups is 1. The molecule has 1 atom stereocenters. The first-order valence-electron chi connectivity index (χ1n) is 10.6. The first-order chi connectivity index (χ1) is 13.5. The highest BCUT2D eigenvalue weighted by atomic mass is 16.5. The van der Waals surface area contributed by atoms with E-state index in [0.29, 0.717) is 25.1 Å². The maximum atomic E-state index is 5.17. The molecule has 1 aromatic heterocycles. The molecule has 1 aliphatic rings. The van der Waals surface area contributed by atoms with Crippen LogP contribution in [0.5, 0.6) is 0 Å². The zero-order chi connectivity index (χ0) is 20.4. The van der Waals surface area contributed by atoms with Crippen molar-refractivity contribution in [1.29, 1.82) is 0 Å². The van der Waals surface area contributed by atoms with E-state index < -0.39 is 0 Å². The van der Waals surface area contributed by atoms with E-state index in [-0.39, 0.29) is 0 Å². The summed E-state index contributed by atoms with van der Waals surface area (Å²) in [4.78, 5) is 7.39. The van der Waals surface area contributed by atoms with Crippen LogP contribution in [0.2, 0.25) is 0 Å². The van der Waals surface area contributed by atoms with Crippen molar-refractivity contribution in [3.63, 3.8) is 0 Å². The molecule has 28 heavy (non-hydrogen) atoms. The van der Waals surface area contributed by atoms with Crippen LogP contribution in [-0.4, -0.2) is 71.6 Å². The number of nitrogens with one attached hydrogen (secondary N) is 2. The van der Waals surface area contributed by atoms with E-state index in [1.165, 1.54) is 38.8 Å². The quantitative estimate of drug-likeness (QED) is 0.378. The predicted molar refractivity (Wildman–Crippen MR) is 113 cm³/mol. The van der Waals surface area contributed by atoms with Gasteiger partial charge in [0.05, 0.1) is 6.61 Å². The van der Waals surface area contributed by atoms with Gasteiger partial charge >= 0.3 is 0 Å². The first kappa shape index (κ1) is 22.6. The zero-order valence-corrected chi connectivity index (χ0v) is 18.4. The molecule has 1 unspecified atom stereocenters. The Labute approximate surface area is 170 Å². The molecule has 160 valence electrons. The lowest BCUT2D eigenvalue weighted by Crippen LogP contribution is -2.50. The van der Waals surface area contributed by atoms with Crippen molar-refractivity contribution in [1.82, 2.24) is 30.3 Å². The average molecular weight is 394 g/mol. The van der Waals surface area contributed by atoms with E-state index >= 15 is 0 Å². The van der Waals surface area contributed by atoms with Crippen molar-refractivity contribution in [3.05, 3.63) is 11.6 Å². The van der Waals surface area contributed by atoms with Gasteiger partial charge in [-0.05, 0) is 38.8 Å². The minimum absolute atomic E-state index is 0.496. The highest BCUT2D eigenvalue weighted by Crippen LogP contribution is 2.17. The molecular formula is C20H39N7O. The maximum Gasteiger partial charge on any atom is 0.191 e. The van der Waals surface area contributed by atoms with Crippen LogP contribution in [0.1, 0.15) is 51.2 Å². The van der Waals surface area contributed by atoms with E-state index in [4.69, 9.17) is 9.73 Å². The number of hydrogen-bond acceptors (Lipinski definition) is 5. The molecule has 1 saturated heterocycles. The van der Waals surface area contributed by atoms with E-state index in [1.807, 2.05) is 18.5 Å². The summed E-state index contributed by atoms with van der Waals surface area (Å²) in [6.45, 7) is 11.7. The van der Waals surface area contributed by atoms with Gasteiger partial charge in [-0.3, -0.25) is 4.90 Å². The van der Waals surface area contributed by atoms with Gasteiger partial charge in [0.2, 0.25) is 0 Å². The molecule has 8 heteroatoms. The lowest BCUT2D eigenvalue weighted by molar-refractivity contribution is 0.161.